The van der Waals surface area contributed by atoms with Gasteiger partial charge in [0.15, 0.2) is 0 Å². The van der Waals surface area contributed by atoms with E-state index in [1.165, 1.54) is 4.90 Å². The van der Waals surface area contributed by atoms with Gasteiger partial charge in [0.05, 0.1) is 6.54 Å². The number of amides is 4. The third kappa shape index (κ3) is 7.98. The minimum Gasteiger partial charge on any atom is -0.354 e. The quantitative estimate of drug-likeness (QED) is 0.650. The van der Waals surface area contributed by atoms with Crippen molar-refractivity contribution in [2.45, 2.75) is 59.0 Å². The molecule has 1 aromatic carbocycles. The minimum absolute atomic E-state index is 0.138. The average molecular weight is 445 g/mol. The highest BCUT2D eigenvalue weighted by atomic mass is 16.2. The highest BCUT2D eigenvalue weighted by Crippen LogP contribution is 2.09. The zero-order valence-corrected chi connectivity index (χ0v) is 19.5. The van der Waals surface area contributed by atoms with Crippen LogP contribution < -0.4 is 16.0 Å². The standard InChI is InChI=1S/C24H36N4O4/c1-16(2)14-28-15-21(29)27-20(13-19-10-6-5-7-11-19)23(31)25-12-8-9-17(3)22(30)26-18(4)24(28)32/h5-7,10-11,16-18,20H,8-9,12-15H2,1-4H3,(H,25,31)(H,26,30)(H,27,29)/t17-,18+,20+/m1/s1. The normalized spacial score (nSPS) is 24.3. The summed E-state index contributed by atoms with van der Waals surface area (Å²) in [5.74, 6) is -1.35. The molecule has 3 atom stereocenters. The molecule has 1 saturated heterocycles. The second-order valence-corrected chi connectivity index (χ2v) is 8.99. The highest BCUT2D eigenvalue weighted by molar-refractivity contribution is 5.92. The van der Waals surface area contributed by atoms with E-state index in [1.807, 2.05) is 51.1 Å². The van der Waals surface area contributed by atoms with Crippen molar-refractivity contribution in [1.29, 1.82) is 0 Å². The van der Waals surface area contributed by atoms with Crippen LogP contribution in [0, 0.1) is 11.8 Å². The fraction of sp³-hybridized carbons (Fsp3) is 0.583. The van der Waals surface area contributed by atoms with Gasteiger partial charge in [0.2, 0.25) is 23.6 Å². The van der Waals surface area contributed by atoms with Crippen LogP contribution in [-0.2, 0) is 25.6 Å². The maximum Gasteiger partial charge on any atom is 0.245 e. The van der Waals surface area contributed by atoms with E-state index in [1.54, 1.807) is 6.92 Å². The Balaban J connectivity index is 2.25. The van der Waals surface area contributed by atoms with Crippen LogP contribution in [0.4, 0.5) is 0 Å². The second-order valence-electron chi connectivity index (χ2n) is 8.99. The molecule has 1 heterocycles. The van der Waals surface area contributed by atoms with Gasteiger partial charge < -0.3 is 20.9 Å². The molecule has 32 heavy (non-hydrogen) atoms. The Morgan fingerprint density at radius 1 is 1.00 bits per heavy atom. The Hall–Kier alpha value is -2.90. The molecule has 8 heteroatoms. The van der Waals surface area contributed by atoms with Crippen LogP contribution in [0.15, 0.2) is 30.3 Å². The van der Waals surface area contributed by atoms with Crippen LogP contribution in [0.5, 0.6) is 0 Å². The Labute approximate surface area is 190 Å². The summed E-state index contributed by atoms with van der Waals surface area (Å²) in [7, 11) is 0. The van der Waals surface area contributed by atoms with Crippen LogP contribution in [0.2, 0.25) is 0 Å². The van der Waals surface area contributed by atoms with E-state index in [-0.39, 0.29) is 36.1 Å². The summed E-state index contributed by atoms with van der Waals surface area (Å²) in [5, 5.41) is 8.45. The number of carbonyl (C=O) groups excluding carboxylic acids is 4. The van der Waals surface area contributed by atoms with E-state index in [0.717, 1.165) is 5.56 Å². The van der Waals surface area contributed by atoms with Gasteiger partial charge in [0.1, 0.15) is 12.1 Å². The molecule has 0 spiro atoms. The fourth-order valence-electron chi connectivity index (χ4n) is 3.71. The Kier molecular flexibility index (Phi) is 9.68. The number of rotatable bonds is 4. The van der Waals surface area contributed by atoms with E-state index < -0.39 is 18.0 Å². The molecule has 3 N–H and O–H groups in total. The molecular weight excluding hydrogens is 408 g/mol. The van der Waals surface area contributed by atoms with Gasteiger partial charge in [-0.15, -0.1) is 0 Å². The van der Waals surface area contributed by atoms with Gasteiger partial charge in [0, 0.05) is 25.4 Å². The summed E-state index contributed by atoms with van der Waals surface area (Å²) in [6.45, 7) is 7.96. The van der Waals surface area contributed by atoms with E-state index in [4.69, 9.17) is 0 Å². The maximum absolute atomic E-state index is 13.0. The Bertz CT molecular complexity index is 796. The molecule has 1 aromatic rings. The summed E-state index contributed by atoms with van der Waals surface area (Å²) in [6.07, 6.45) is 1.55. The first-order valence-electron chi connectivity index (χ1n) is 11.4. The fourth-order valence-corrected chi connectivity index (χ4v) is 3.71. The van der Waals surface area contributed by atoms with Gasteiger partial charge in [-0.2, -0.15) is 0 Å². The monoisotopic (exact) mass is 444 g/mol. The van der Waals surface area contributed by atoms with Gasteiger partial charge >= 0.3 is 0 Å². The first kappa shape index (κ1) is 25.4. The summed E-state index contributed by atoms with van der Waals surface area (Å²) >= 11 is 0. The first-order valence-corrected chi connectivity index (χ1v) is 11.4. The SMILES string of the molecule is CC(C)CN1CC(=O)N[C@@H](Cc2ccccc2)C(=O)NCCC[C@@H](C)C(=O)N[C@@H](C)C1=O. The lowest BCUT2D eigenvalue weighted by atomic mass is 10.0. The Morgan fingerprint density at radius 2 is 1.69 bits per heavy atom. The van der Waals surface area contributed by atoms with E-state index in [9.17, 15) is 19.2 Å². The molecule has 2 rings (SSSR count). The van der Waals surface area contributed by atoms with E-state index in [0.29, 0.717) is 32.4 Å². The predicted octanol–water partition coefficient (Wildman–Crippen LogP) is 1.25. The number of nitrogens with zero attached hydrogens (tertiary/aromatic N) is 1. The first-order chi connectivity index (χ1) is 15.2. The van der Waals surface area contributed by atoms with Crippen molar-refractivity contribution in [3.63, 3.8) is 0 Å². The van der Waals surface area contributed by atoms with Crippen molar-refractivity contribution in [2.75, 3.05) is 19.6 Å². The average Bonchev–Trinajstić information content (AvgIpc) is 2.74. The van der Waals surface area contributed by atoms with Crippen molar-refractivity contribution in [3.05, 3.63) is 35.9 Å². The third-order valence-corrected chi connectivity index (χ3v) is 5.46. The zero-order chi connectivity index (χ0) is 23.7. The highest BCUT2D eigenvalue weighted by Gasteiger charge is 2.28. The molecule has 1 aliphatic rings. The molecule has 0 unspecified atom stereocenters. The van der Waals surface area contributed by atoms with Crippen molar-refractivity contribution in [2.24, 2.45) is 11.8 Å². The van der Waals surface area contributed by atoms with Gasteiger partial charge in [-0.1, -0.05) is 51.1 Å². The molecule has 0 saturated carbocycles. The van der Waals surface area contributed by atoms with Gasteiger partial charge in [0.25, 0.3) is 0 Å². The second kappa shape index (κ2) is 12.2. The van der Waals surface area contributed by atoms with E-state index >= 15 is 0 Å². The summed E-state index contributed by atoms with van der Waals surface area (Å²) in [5.41, 5.74) is 0.929. The molecule has 8 nitrogen and oxygen atoms in total. The maximum atomic E-state index is 13.0. The topological polar surface area (TPSA) is 108 Å². The third-order valence-electron chi connectivity index (χ3n) is 5.46. The predicted molar refractivity (Wildman–Crippen MR) is 123 cm³/mol. The molecule has 1 aliphatic heterocycles. The lowest BCUT2D eigenvalue weighted by molar-refractivity contribution is -0.140. The molecule has 1 fully saturated rings. The molecule has 0 bridgehead atoms. The van der Waals surface area contributed by atoms with Gasteiger partial charge in [-0.25, -0.2) is 0 Å². The summed E-state index contributed by atoms with van der Waals surface area (Å²) in [6, 6.07) is 8.00. The van der Waals surface area contributed by atoms with Crippen LogP contribution in [0.3, 0.4) is 0 Å². The number of nitrogens with one attached hydrogen (secondary N) is 3. The molecule has 0 aromatic heterocycles. The number of hydrogen-bond acceptors (Lipinski definition) is 4. The lowest BCUT2D eigenvalue weighted by Gasteiger charge is -2.28. The molecule has 176 valence electrons. The largest absolute Gasteiger partial charge is 0.354 e. The lowest BCUT2D eigenvalue weighted by Crippen LogP contribution is -2.54. The van der Waals surface area contributed by atoms with Crippen LogP contribution in [-0.4, -0.2) is 60.2 Å². The van der Waals surface area contributed by atoms with Gasteiger partial charge in [-0.05, 0) is 31.2 Å². The van der Waals surface area contributed by atoms with E-state index in [2.05, 4.69) is 16.0 Å². The van der Waals surface area contributed by atoms with Gasteiger partial charge in [-0.3, -0.25) is 19.2 Å². The number of hydrogen-bond donors (Lipinski definition) is 3. The summed E-state index contributed by atoms with van der Waals surface area (Å²) in [4.78, 5) is 52.6. The molecule has 4 amide bonds. The van der Waals surface area contributed by atoms with Crippen molar-refractivity contribution in [1.82, 2.24) is 20.9 Å². The number of carbonyl (C=O) groups is 4. The van der Waals surface area contributed by atoms with Crippen molar-refractivity contribution >= 4 is 23.6 Å². The molecular formula is C24H36N4O4. The van der Waals surface area contributed by atoms with Crippen LogP contribution in [0.25, 0.3) is 0 Å². The summed E-state index contributed by atoms with van der Waals surface area (Å²) < 4.78 is 0. The smallest absolute Gasteiger partial charge is 0.245 e. The minimum atomic E-state index is -0.749. The molecule has 0 aliphatic carbocycles. The molecule has 0 radical (unpaired) electrons. The zero-order valence-electron chi connectivity index (χ0n) is 19.5. The Morgan fingerprint density at radius 3 is 2.34 bits per heavy atom. The van der Waals surface area contributed by atoms with Crippen molar-refractivity contribution < 1.29 is 19.2 Å². The number of benzene rings is 1. The van der Waals surface area contributed by atoms with Crippen molar-refractivity contribution in [3.8, 4) is 0 Å². The van der Waals surface area contributed by atoms with Crippen LogP contribution >= 0.6 is 0 Å². The van der Waals surface area contributed by atoms with Crippen LogP contribution in [0.1, 0.15) is 46.1 Å².